The van der Waals surface area contributed by atoms with Crippen molar-refractivity contribution in [3.8, 4) is 6.07 Å². The number of rotatable bonds is 6. The van der Waals surface area contributed by atoms with Crippen LogP contribution in [-0.4, -0.2) is 102 Å². The normalized spacial score (nSPS) is 37.2. The van der Waals surface area contributed by atoms with Gasteiger partial charge < -0.3 is 14.5 Å². The zero-order valence-corrected chi connectivity index (χ0v) is 25.7. The molecule has 7 unspecified atom stereocenters. The number of hydrogen-bond acceptors (Lipinski definition) is 9. The van der Waals surface area contributed by atoms with Crippen molar-refractivity contribution in [2.75, 3.05) is 39.8 Å². The maximum Gasteiger partial charge on any atom is 0.246 e. The number of carbonyl (C=O) groups excluding carboxylic acids is 2. The van der Waals surface area contributed by atoms with Crippen LogP contribution in [0.2, 0.25) is 0 Å². The largest absolute Gasteiger partial charge is 0.348 e. The van der Waals surface area contributed by atoms with E-state index in [0.717, 1.165) is 32.2 Å². The van der Waals surface area contributed by atoms with Gasteiger partial charge in [0.1, 0.15) is 0 Å². The summed E-state index contributed by atoms with van der Waals surface area (Å²) < 4.78 is 6.03. The van der Waals surface area contributed by atoms with Gasteiger partial charge in [-0.15, -0.1) is 11.8 Å². The Balaban J connectivity index is 1.25. The molecule has 9 nitrogen and oxygen atoms in total. The van der Waals surface area contributed by atoms with Crippen molar-refractivity contribution in [1.82, 2.24) is 25.3 Å². The van der Waals surface area contributed by atoms with E-state index in [9.17, 15) is 14.9 Å². The van der Waals surface area contributed by atoms with Gasteiger partial charge in [-0.2, -0.15) is 5.26 Å². The van der Waals surface area contributed by atoms with Crippen LogP contribution in [-0.2, 0) is 20.7 Å². The first-order valence-electron chi connectivity index (χ1n) is 15.5. The summed E-state index contributed by atoms with van der Waals surface area (Å²) in [5, 5.41) is 17.2. The third-order valence-electron chi connectivity index (χ3n) is 10.3. The molecule has 0 radical (unpaired) electrons. The summed E-state index contributed by atoms with van der Waals surface area (Å²) in [5.74, 6) is 0.221. The highest BCUT2D eigenvalue weighted by molar-refractivity contribution is 8.01. The van der Waals surface area contributed by atoms with Crippen molar-refractivity contribution in [2.24, 2.45) is 5.92 Å². The topological polar surface area (TPSA) is 101 Å². The summed E-state index contributed by atoms with van der Waals surface area (Å²) >= 11 is 1.84. The van der Waals surface area contributed by atoms with Crippen LogP contribution in [0.4, 0.5) is 0 Å². The predicted molar refractivity (Wildman–Crippen MR) is 163 cm³/mol. The second kappa shape index (κ2) is 12.4. The first kappa shape index (κ1) is 29.8. The van der Waals surface area contributed by atoms with Crippen molar-refractivity contribution < 1.29 is 14.3 Å². The molecule has 1 aromatic carbocycles. The zero-order valence-electron chi connectivity index (χ0n) is 24.8. The molecule has 0 aromatic heterocycles. The molecular weight excluding hydrogens is 548 g/mol. The van der Waals surface area contributed by atoms with Crippen LogP contribution in [0.3, 0.4) is 0 Å². The average molecular weight is 593 g/mol. The van der Waals surface area contributed by atoms with Crippen LogP contribution in [0.25, 0.3) is 0 Å². The predicted octanol–water partition coefficient (Wildman–Crippen LogP) is 2.65. The quantitative estimate of drug-likeness (QED) is 0.483. The van der Waals surface area contributed by atoms with E-state index in [2.05, 4.69) is 71.3 Å². The minimum absolute atomic E-state index is 0.0644. The fourth-order valence-electron chi connectivity index (χ4n) is 8.02. The lowest BCUT2D eigenvalue weighted by atomic mass is 9.71. The second-order valence-electron chi connectivity index (χ2n) is 12.7. The van der Waals surface area contributed by atoms with Crippen LogP contribution in [0.5, 0.6) is 0 Å². The summed E-state index contributed by atoms with van der Waals surface area (Å²) in [4.78, 5) is 33.7. The molecule has 226 valence electrons. The van der Waals surface area contributed by atoms with Crippen molar-refractivity contribution in [2.45, 2.75) is 86.1 Å². The molecule has 1 aliphatic carbocycles. The van der Waals surface area contributed by atoms with Crippen LogP contribution in [0, 0.1) is 17.2 Å². The molecule has 0 bridgehead atoms. The number of Topliss-reactive ketones (excluding diaryl/α,β-unsaturated/α-hetero) is 1. The fraction of sp³-hybridized carbons (Fsp3) is 0.656. The number of benzene rings is 1. The van der Waals surface area contributed by atoms with Gasteiger partial charge in [-0.1, -0.05) is 30.8 Å². The molecule has 4 fully saturated rings. The standard InChI is InChI=1S/C32H44N6O3S/c1-4-27(39)38-17-16-37(19-23(38)12-14-33)30-26-11-13-32(18-22-8-5-6-10-25(22)21(2)42-32)29(40)28(26)34-31(35-30)41-20-24-9-7-15-36(24)3/h4-6,8,10,21,23-24,26,28,30-31,34-35H,1,7,9,11-13,15-20H2,2-3H3/t21?,23?,24?,26?,28?,30?,31?,32-/m0/s1. The molecular formula is C32H44N6O3S. The maximum atomic E-state index is 14.6. The number of nitrogens with one attached hydrogen (secondary N) is 2. The number of likely N-dealkylation sites (N-methyl/N-ethyl adjacent to an activating group) is 1. The van der Waals surface area contributed by atoms with Gasteiger partial charge in [0.15, 0.2) is 12.1 Å². The summed E-state index contributed by atoms with van der Waals surface area (Å²) in [6.45, 7) is 9.34. The number of hydrogen-bond donors (Lipinski definition) is 2. The Kier molecular flexibility index (Phi) is 8.79. The highest BCUT2D eigenvalue weighted by Crippen LogP contribution is 2.53. The van der Waals surface area contributed by atoms with E-state index in [1.807, 2.05) is 11.8 Å². The lowest BCUT2D eigenvalue weighted by Gasteiger charge is -2.55. The fourth-order valence-corrected chi connectivity index (χ4v) is 9.77. The number of carbonyl (C=O) groups is 2. The number of amides is 1. The Hall–Kier alpha value is -2.26. The molecule has 1 saturated carbocycles. The molecule has 2 N–H and O–H groups in total. The number of nitriles is 1. The number of piperazine rings is 1. The van der Waals surface area contributed by atoms with Crippen LogP contribution in [0.1, 0.15) is 55.4 Å². The molecule has 5 aliphatic rings. The molecule has 4 heterocycles. The van der Waals surface area contributed by atoms with E-state index in [-0.39, 0.29) is 47.5 Å². The van der Waals surface area contributed by atoms with Crippen LogP contribution < -0.4 is 10.6 Å². The summed E-state index contributed by atoms with van der Waals surface area (Å²) in [6.07, 6.45) is 5.86. The molecule has 3 saturated heterocycles. The Morgan fingerprint density at radius 2 is 2.07 bits per heavy atom. The monoisotopic (exact) mass is 592 g/mol. The van der Waals surface area contributed by atoms with E-state index in [1.165, 1.54) is 23.6 Å². The Morgan fingerprint density at radius 3 is 2.83 bits per heavy atom. The number of thioether (sulfide) groups is 1. The minimum atomic E-state index is -0.454. The van der Waals surface area contributed by atoms with E-state index < -0.39 is 11.1 Å². The number of ether oxygens (including phenoxy) is 1. The van der Waals surface area contributed by atoms with Gasteiger partial charge in [0.05, 0.1) is 42.1 Å². The SMILES string of the molecule is C=CC(=O)N1CCN(C2NC(OCC3CCCN3C)NC3C(=O)[C@]4(CCC32)Cc2ccccc2C(C)S4)CC1CC#N. The molecule has 1 spiro atoms. The third kappa shape index (κ3) is 5.56. The van der Waals surface area contributed by atoms with E-state index >= 15 is 0 Å². The van der Waals surface area contributed by atoms with Gasteiger partial charge in [-0.3, -0.25) is 25.1 Å². The lowest BCUT2D eigenvalue weighted by molar-refractivity contribution is -0.145. The number of likely N-dealkylation sites (tertiary alicyclic amines) is 1. The summed E-state index contributed by atoms with van der Waals surface area (Å²) in [6, 6.07) is 10.7. The highest BCUT2D eigenvalue weighted by Gasteiger charge is 2.56. The van der Waals surface area contributed by atoms with E-state index in [1.54, 1.807) is 4.90 Å². The lowest BCUT2D eigenvalue weighted by Crippen LogP contribution is -2.75. The first-order chi connectivity index (χ1) is 20.3. The Labute approximate surface area is 254 Å². The third-order valence-corrected chi connectivity index (χ3v) is 11.9. The van der Waals surface area contributed by atoms with Gasteiger partial charge in [-0.05, 0) is 69.8 Å². The average Bonchev–Trinajstić information content (AvgIpc) is 3.42. The number of nitrogens with zero attached hydrogens (tertiary/aromatic N) is 4. The molecule has 1 amide bonds. The Bertz CT molecular complexity index is 1240. The van der Waals surface area contributed by atoms with Crippen molar-refractivity contribution in [3.05, 3.63) is 48.0 Å². The van der Waals surface area contributed by atoms with Crippen molar-refractivity contribution in [1.29, 1.82) is 5.26 Å². The van der Waals surface area contributed by atoms with Gasteiger partial charge in [0.25, 0.3) is 0 Å². The smallest absolute Gasteiger partial charge is 0.246 e. The molecule has 42 heavy (non-hydrogen) atoms. The molecule has 8 atom stereocenters. The van der Waals surface area contributed by atoms with Crippen molar-refractivity contribution in [3.63, 3.8) is 0 Å². The van der Waals surface area contributed by atoms with Crippen LogP contribution in [0.15, 0.2) is 36.9 Å². The number of fused-ring (bicyclic) bond motifs is 2. The Morgan fingerprint density at radius 1 is 1.24 bits per heavy atom. The van der Waals surface area contributed by atoms with Gasteiger partial charge in [0.2, 0.25) is 5.91 Å². The number of ketones is 1. The zero-order chi connectivity index (χ0) is 29.4. The molecule has 10 heteroatoms. The molecule has 4 aliphatic heterocycles. The molecule has 1 aromatic rings. The minimum Gasteiger partial charge on any atom is -0.348 e. The summed E-state index contributed by atoms with van der Waals surface area (Å²) in [7, 11) is 2.15. The highest BCUT2D eigenvalue weighted by atomic mass is 32.2. The van der Waals surface area contributed by atoms with Gasteiger partial charge in [0, 0.05) is 36.8 Å². The van der Waals surface area contributed by atoms with E-state index in [4.69, 9.17) is 4.74 Å². The second-order valence-corrected chi connectivity index (χ2v) is 14.4. The van der Waals surface area contributed by atoms with Gasteiger partial charge >= 0.3 is 0 Å². The first-order valence-corrected chi connectivity index (χ1v) is 16.4. The van der Waals surface area contributed by atoms with Crippen molar-refractivity contribution >= 4 is 23.5 Å². The molecule has 6 rings (SSSR count). The van der Waals surface area contributed by atoms with Crippen LogP contribution >= 0.6 is 11.8 Å². The maximum absolute atomic E-state index is 14.6. The van der Waals surface area contributed by atoms with E-state index in [0.29, 0.717) is 32.3 Å². The summed E-state index contributed by atoms with van der Waals surface area (Å²) in [5.41, 5.74) is 2.64. The van der Waals surface area contributed by atoms with Gasteiger partial charge in [-0.25, -0.2) is 0 Å².